The molecule has 0 amide bonds. The molecule has 35 heavy (non-hydrogen) atoms. The van der Waals surface area contributed by atoms with E-state index in [0.29, 0.717) is 11.4 Å². The van der Waals surface area contributed by atoms with Crippen molar-refractivity contribution in [3.05, 3.63) is 103 Å². The van der Waals surface area contributed by atoms with Gasteiger partial charge in [-0.2, -0.15) is 0 Å². The molecule has 0 aliphatic carbocycles. The minimum absolute atomic E-state index is 0. The molecule has 160 valence electrons. The Hall–Kier alpha value is -4.10. The summed E-state index contributed by atoms with van der Waals surface area (Å²) in [6.07, 6.45) is 1.79. The van der Waals surface area contributed by atoms with E-state index in [4.69, 9.17) is 9.40 Å². The Morgan fingerprint density at radius 1 is 0.714 bits per heavy atom. The molecular weight excluding hydrogens is 427 g/mol. The first-order valence-corrected chi connectivity index (χ1v) is 11.2. The maximum absolute atomic E-state index is 12.6. The molecule has 0 saturated carbocycles. The molecule has 2 heterocycles. The van der Waals surface area contributed by atoms with Crippen molar-refractivity contribution in [3.8, 4) is 28.3 Å². The van der Waals surface area contributed by atoms with E-state index in [2.05, 4.69) is 53.5 Å². The van der Waals surface area contributed by atoms with Gasteiger partial charge < -0.3 is 9.52 Å². The van der Waals surface area contributed by atoms with Crippen molar-refractivity contribution >= 4 is 43.5 Å². The zero-order valence-electron chi connectivity index (χ0n) is 19.1. The summed E-state index contributed by atoms with van der Waals surface area (Å²) in [5, 5.41) is 18.0. The first kappa shape index (κ1) is 21.4. The van der Waals surface area contributed by atoms with Crippen LogP contribution >= 0.6 is 0 Å². The molecule has 2 aromatic heterocycles. The fourth-order valence-electron chi connectivity index (χ4n) is 4.90. The van der Waals surface area contributed by atoms with Crippen molar-refractivity contribution in [3.63, 3.8) is 0 Å². The maximum Gasteiger partial charge on any atom is 1.00 e. The van der Waals surface area contributed by atoms with Gasteiger partial charge in [0.1, 0.15) is 5.52 Å². The topological polar surface area (TPSA) is 63.2 Å². The van der Waals surface area contributed by atoms with Gasteiger partial charge in [-0.1, -0.05) is 54.6 Å². The number of aromatic nitrogens is 2. The number of nitrogens with zero attached hydrogens (tertiary/aromatic N) is 1. The van der Waals surface area contributed by atoms with Crippen LogP contribution in [0.5, 0.6) is 5.75 Å². The van der Waals surface area contributed by atoms with E-state index >= 15 is 0 Å². The third-order valence-corrected chi connectivity index (χ3v) is 6.47. The zero-order valence-corrected chi connectivity index (χ0v) is 19.1. The van der Waals surface area contributed by atoms with Crippen molar-refractivity contribution in [2.45, 2.75) is 0 Å². The number of nitrogens with one attached hydrogen (secondary N) is 1. The van der Waals surface area contributed by atoms with Crippen LogP contribution < -0.4 is 29.0 Å². The Balaban J connectivity index is 0.00000229. The Kier molecular flexibility index (Phi) is 5.07. The van der Waals surface area contributed by atoms with Crippen LogP contribution in [-0.2, 0) is 0 Å². The quantitative estimate of drug-likeness (QED) is 0.302. The predicted molar refractivity (Wildman–Crippen MR) is 133 cm³/mol. The van der Waals surface area contributed by atoms with Crippen LogP contribution in [0.3, 0.4) is 0 Å². The number of hydrogen-bond donors (Lipinski definition) is 0. The second-order valence-corrected chi connectivity index (χ2v) is 8.47. The van der Waals surface area contributed by atoms with Crippen LogP contribution in [0.15, 0.2) is 108 Å². The van der Waals surface area contributed by atoms with Crippen LogP contribution in [0.25, 0.3) is 66.1 Å². The number of para-hydroxylation sites is 2. The molecule has 1 N–H and O–H groups in total. The fraction of sp³-hybridized carbons (Fsp3) is 0. The molecule has 7 aromatic rings. The summed E-state index contributed by atoms with van der Waals surface area (Å²) >= 11 is 0. The number of benzene rings is 5. The van der Waals surface area contributed by atoms with Gasteiger partial charge in [0, 0.05) is 11.6 Å². The number of aromatic amines is 1. The van der Waals surface area contributed by atoms with Gasteiger partial charge in [-0.15, -0.1) is 0 Å². The zero-order chi connectivity index (χ0) is 22.6. The van der Waals surface area contributed by atoms with Gasteiger partial charge in [0.25, 0.3) is 0 Å². The van der Waals surface area contributed by atoms with Crippen molar-refractivity contribution in [1.29, 1.82) is 0 Å². The summed E-state index contributed by atoms with van der Waals surface area (Å²) in [5.74, 6) is 0.575. The molecule has 0 radical (unpaired) electrons. The molecular formula is C30H18LiN2O2+. The molecule has 5 heteroatoms. The van der Waals surface area contributed by atoms with Crippen molar-refractivity contribution < 1.29 is 33.4 Å². The molecule has 4 nitrogen and oxygen atoms in total. The Morgan fingerprint density at radius 2 is 1.51 bits per heavy atom. The van der Waals surface area contributed by atoms with Gasteiger partial charge >= 0.3 is 18.9 Å². The molecule has 0 fully saturated rings. The van der Waals surface area contributed by atoms with E-state index in [0.717, 1.165) is 54.7 Å². The second kappa shape index (κ2) is 8.28. The fourth-order valence-corrected chi connectivity index (χ4v) is 4.90. The third kappa shape index (κ3) is 3.39. The van der Waals surface area contributed by atoms with Crippen LogP contribution in [0.1, 0.15) is 0 Å². The van der Waals surface area contributed by atoms with Crippen molar-refractivity contribution in [1.82, 2.24) is 4.98 Å². The number of rotatable bonds is 2. The first-order chi connectivity index (χ1) is 16.8. The van der Waals surface area contributed by atoms with Gasteiger partial charge in [-0.25, -0.2) is 9.97 Å². The molecule has 7 rings (SSSR count). The first-order valence-electron chi connectivity index (χ1n) is 11.2. The molecule has 5 aromatic carbocycles. The summed E-state index contributed by atoms with van der Waals surface area (Å²) in [4.78, 5) is 7.84. The van der Waals surface area contributed by atoms with Crippen LogP contribution in [0, 0.1) is 0 Å². The predicted octanol–water partition coefficient (Wildman–Crippen LogP) is 3.51. The van der Waals surface area contributed by atoms with Crippen molar-refractivity contribution in [2.24, 2.45) is 0 Å². The summed E-state index contributed by atoms with van der Waals surface area (Å²) in [6.45, 7) is 0. The summed E-state index contributed by atoms with van der Waals surface area (Å²) in [6, 6.07) is 32.2. The van der Waals surface area contributed by atoms with Crippen LogP contribution in [0.2, 0.25) is 0 Å². The summed E-state index contributed by atoms with van der Waals surface area (Å²) in [5.41, 5.74) is 5.24. The van der Waals surface area contributed by atoms with E-state index < -0.39 is 0 Å². The maximum atomic E-state index is 12.6. The van der Waals surface area contributed by atoms with Crippen molar-refractivity contribution in [2.75, 3.05) is 0 Å². The molecule has 0 bridgehead atoms. The van der Waals surface area contributed by atoms with E-state index in [1.54, 1.807) is 12.3 Å². The second-order valence-electron chi connectivity index (χ2n) is 8.47. The number of fused-ring (bicyclic) bond motifs is 4. The Morgan fingerprint density at radius 3 is 2.43 bits per heavy atom. The minimum atomic E-state index is -0.0175. The normalized spacial score (nSPS) is 11.3. The monoisotopic (exact) mass is 445 g/mol. The Bertz CT molecular complexity index is 1860. The van der Waals surface area contributed by atoms with Gasteiger partial charge in [-0.05, 0) is 74.8 Å². The number of pyridine rings is 1. The van der Waals surface area contributed by atoms with E-state index in [1.165, 1.54) is 0 Å². The summed E-state index contributed by atoms with van der Waals surface area (Å²) < 4.78 is 6.06. The van der Waals surface area contributed by atoms with Gasteiger partial charge in [0.2, 0.25) is 11.4 Å². The van der Waals surface area contributed by atoms with E-state index in [9.17, 15) is 5.11 Å². The number of hydrogen-bond acceptors (Lipinski definition) is 3. The average molecular weight is 445 g/mol. The summed E-state index contributed by atoms with van der Waals surface area (Å²) in [7, 11) is 0. The van der Waals surface area contributed by atoms with E-state index in [-0.39, 0.29) is 24.6 Å². The van der Waals surface area contributed by atoms with Crippen LogP contribution in [0.4, 0.5) is 0 Å². The SMILES string of the molecule is [Li+].[O-]c1ccc(-c2c3ccccc3cc3ccc(-c4nc5ccccc5o4)cc23)c2ccc[nH+]c12. The van der Waals surface area contributed by atoms with Crippen LogP contribution in [-0.4, -0.2) is 4.98 Å². The van der Waals surface area contributed by atoms with E-state index in [1.807, 2.05) is 42.5 Å². The number of oxazole rings is 1. The van der Waals surface area contributed by atoms with Gasteiger partial charge in [-0.3, -0.25) is 0 Å². The molecule has 0 unspecified atom stereocenters. The van der Waals surface area contributed by atoms with Gasteiger partial charge in [0.15, 0.2) is 11.8 Å². The molecule has 0 saturated heterocycles. The Labute approximate surface area is 213 Å². The van der Waals surface area contributed by atoms with Gasteiger partial charge in [0.05, 0.1) is 5.39 Å². The molecule has 0 spiro atoms. The largest absolute Gasteiger partial charge is 1.00 e. The average Bonchev–Trinajstić information content (AvgIpc) is 3.32. The molecule has 0 atom stereocenters. The smallest absolute Gasteiger partial charge is 0.868 e. The molecule has 0 aliphatic rings. The minimum Gasteiger partial charge on any atom is -0.868 e. The third-order valence-electron chi connectivity index (χ3n) is 6.47. The molecule has 0 aliphatic heterocycles. The number of H-pyrrole nitrogens is 1. The standard InChI is InChI=1S/C30H18N2O2.Li/c33-26-14-13-22(23-8-5-15-31-29(23)26)28-21-7-2-1-6-18(21)16-19-11-12-20(17-24(19)28)30-32-25-9-3-4-10-27(25)34-30;/h1-17,33H;/q;+1.